The number of para-hydroxylation sites is 2. The number of methoxy groups -OCH3 is 1. The number of benzene rings is 2. The first-order valence-corrected chi connectivity index (χ1v) is 10.3. The summed E-state index contributed by atoms with van der Waals surface area (Å²) in [6.07, 6.45) is 0. The molecule has 30 heavy (non-hydrogen) atoms. The smallest absolute Gasteiger partial charge is 0.234 e. The first-order valence-electron chi connectivity index (χ1n) is 9.28. The summed E-state index contributed by atoms with van der Waals surface area (Å²) >= 11 is 1.22. The molecule has 0 saturated carbocycles. The number of aromatic nitrogens is 3. The fraction of sp³-hybridized carbons (Fsp3) is 0.190. The average molecular weight is 426 g/mol. The minimum atomic E-state index is -0.477. The van der Waals surface area contributed by atoms with E-state index in [0.717, 1.165) is 5.39 Å². The summed E-state index contributed by atoms with van der Waals surface area (Å²) in [7, 11) is 1.59. The largest absolute Gasteiger partial charge is 0.493 e. The number of fused-ring (bicyclic) bond motifs is 1. The normalized spacial score (nSPS) is 11.0. The number of anilines is 1. The molecule has 0 saturated heterocycles. The van der Waals surface area contributed by atoms with Gasteiger partial charge in [-0.3, -0.25) is 9.36 Å². The van der Waals surface area contributed by atoms with Gasteiger partial charge in [-0.2, -0.15) is 0 Å². The molecule has 4 rings (SSSR count). The Labute approximate surface area is 176 Å². The number of furan rings is 1. The molecular weight excluding hydrogens is 407 g/mol. The van der Waals surface area contributed by atoms with Crippen LogP contribution in [0.3, 0.4) is 0 Å². The Morgan fingerprint density at radius 1 is 1.23 bits per heavy atom. The topological polar surface area (TPSA) is 82.2 Å². The molecular formula is C21H19FN4O3S. The maximum atomic E-state index is 13.7. The number of nitrogens with one attached hydrogen (secondary N) is 1. The standard InChI is InChI=1S/C21H19FN4O3S/c1-3-26-20(17-11-13-7-6-10-16(28-2)19(13)29-17)24-25-21(26)30-12-18(27)23-15-9-5-4-8-14(15)22/h4-11H,3,12H2,1-2H3,(H,23,27). The van der Waals surface area contributed by atoms with Crippen molar-refractivity contribution in [3.05, 3.63) is 54.3 Å². The summed E-state index contributed by atoms with van der Waals surface area (Å²) in [4.78, 5) is 12.2. The van der Waals surface area contributed by atoms with Crippen LogP contribution in [0, 0.1) is 5.82 Å². The Hall–Kier alpha value is -3.33. The van der Waals surface area contributed by atoms with Gasteiger partial charge in [-0.1, -0.05) is 36.0 Å². The highest BCUT2D eigenvalue weighted by Crippen LogP contribution is 2.33. The van der Waals surface area contributed by atoms with E-state index in [1.54, 1.807) is 19.2 Å². The number of nitrogens with zero attached hydrogens (tertiary/aromatic N) is 3. The lowest BCUT2D eigenvalue weighted by molar-refractivity contribution is -0.113. The minimum absolute atomic E-state index is 0.0699. The number of hydrogen-bond acceptors (Lipinski definition) is 6. The molecule has 0 radical (unpaired) electrons. The Morgan fingerprint density at radius 2 is 2.07 bits per heavy atom. The molecule has 0 bridgehead atoms. The monoisotopic (exact) mass is 426 g/mol. The summed E-state index contributed by atoms with van der Waals surface area (Å²) in [5, 5.41) is 12.5. The van der Waals surface area contributed by atoms with Crippen LogP contribution in [0.4, 0.5) is 10.1 Å². The maximum Gasteiger partial charge on any atom is 0.234 e. The first-order chi connectivity index (χ1) is 14.6. The van der Waals surface area contributed by atoms with Crippen molar-refractivity contribution in [1.82, 2.24) is 14.8 Å². The molecule has 9 heteroatoms. The van der Waals surface area contributed by atoms with Gasteiger partial charge in [0.2, 0.25) is 11.7 Å². The van der Waals surface area contributed by atoms with Crippen molar-refractivity contribution in [3.63, 3.8) is 0 Å². The molecule has 4 aromatic rings. The lowest BCUT2D eigenvalue weighted by Crippen LogP contribution is -2.15. The van der Waals surface area contributed by atoms with Crippen LogP contribution in [0.1, 0.15) is 6.92 Å². The molecule has 0 aliphatic heterocycles. The molecule has 7 nitrogen and oxygen atoms in total. The number of rotatable bonds is 7. The van der Waals surface area contributed by atoms with E-state index in [-0.39, 0.29) is 17.3 Å². The highest BCUT2D eigenvalue weighted by atomic mass is 32.2. The van der Waals surface area contributed by atoms with Crippen molar-refractivity contribution >= 4 is 34.3 Å². The fourth-order valence-corrected chi connectivity index (χ4v) is 3.85. The minimum Gasteiger partial charge on any atom is -0.493 e. The third-order valence-electron chi connectivity index (χ3n) is 4.46. The van der Waals surface area contributed by atoms with Crippen LogP contribution >= 0.6 is 11.8 Å². The van der Waals surface area contributed by atoms with Gasteiger partial charge in [0.1, 0.15) is 5.82 Å². The number of carbonyl (C=O) groups is 1. The summed E-state index contributed by atoms with van der Waals surface area (Å²) in [5.74, 6) is 1.03. The molecule has 2 heterocycles. The molecule has 0 spiro atoms. The Bertz CT molecular complexity index is 1200. The van der Waals surface area contributed by atoms with Crippen LogP contribution in [0.25, 0.3) is 22.6 Å². The lowest BCUT2D eigenvalue weighted by atomic mass is 10.2. The van der Waals surface area contributed by atoms with Crippen molar-refractivity contribution in [2.75, 3.05) is 18.2 Å². The van der Waals surface area contributed by atoms with E-state index in [0.29, 0.717) is 34.6 Å². The number of amides is 1. The highest BCUT2D eigenvalue weighted by molar-refractivity contribution is 7.99. The SMILES string of the molecule is CCn1c(SCC(=O)Nc2ccccc2F)nnc1-c1cc2cccc(OC)c2o1. The Balaban J connectivity index is 1.53. The Kier molecular flexibility index (Phi) is 5.71. The molecule has 154 valence electrons. The third-order valence-corrected chi connectivity index (χ3v) is 5.43. The van der Waals surface area contributed by atoms with Gasteiger partial charge in [0, 0.05) is 11.9 Å². The van der Waals surface area contributed by atoms with Crippen LogP contribution in [-0.2, 0) is 11.3 Å². The molecule has 0 aliphatic carbocycles. The van der Waals surface area contributed by atoms with Gasteiger partial charge in [0.25, 0.3) is 0 Å². The second-order valence-corrected chi connectivity index (χ2v) is 7.30. The van der Waals surface area contributed by atoms with Crippen molar-refractivity contribution in [1.29, 1.82) is 0 Å². The highest BCUT2D eigenvalue weighted by Gasteiger charge is 2.19. The van der Waals surface area contributed by atoms with Crippen LogP contribution < -0.4 is 10.1 Å². The number of hydrogen-bond donors (Lipinski definition) is 1. The van der Waals surface area contributed by atoms with E-state index in [1.807, 2.05) is 35.8 Å². The fourth-order valence-electron chi connectivity index (χ4n) is 3.05. The number of ether oxygens (including phenoxy) is 1. The van der Waals surface area contributed by atoms with Crippen molar-refractivity contribution < 1.29 is 18.3 Å². The van der Waals surface area contributed by atoms with Crippen LogP contribution in [0.5, 0.6) is 5.75 Å². The summed E-state index contributed by atoms with van der Waals surface area (Å²) in [6, 6.07) is 13.6. The van der Waals surface area contributed by atoms with Crippen LogP contribution in [0.2, 0.25) is 0 Å². The number of halogens is 1. The zero-order valence-corrected chi connectivity index (χ0v) is 17.2. The predicted octanol–water partition coefficient (Wildman–Crippen LogP) is 4.59. The van der Waals surface area contributed by atoms with E-state index < -0.39 is 5.82 Å². The van der Waals surface area contributed by atoms with Crippen molar-refractivity contribution in [2.45, 2.75) is 18.6 Å². The van der Waals surface area contributed by atoms with Crippen molar-refractivity contribution in [2.24, 2.45) is 0 Å². The predicted molar refractivity (Wildman–Crippen MR) is 113 cm³/mol. The van der Waals surface area contributed by atoms with Gasteiger partial charge >= 0.3 is 0 Å². The van der Waals surface area contributed by atoms with E-state index in [9.17, 15) is 9.18 Å². The van der Waals surface area contributed by atoms with Gasteiger partial charge < -0.3 is 14.5 Å². The molecule has 2 aromatic carbocycles. The van der Waals surface area contributed by atoms with Gasteiger partial charge in [0.05, 0.1) is 18.6 Å². The van der Waals surface area contributed by atoms with Crippen molar-refractivity contribution in [3.8, 4) is 17.3 Å². The Morgan fingerprint density at radius 3 is 2.83 bits per heavy atom. The third kappa shape index (κ3) is 3.88. The molecule has 0 fully saturated rings. The van der Waals surface area contributed by atoms with Gasteiger partial charge in [-0.15, -0.1) is 10.2 Å². The second-order valence-electron chi connectivity index (χ2n) is 6.36. The van der Waals surface area contributed by atoms with E-state index >= 15 is 0 Å². The number of thioether (sulfide) groups is 1. The van der Waals surface area contributed by atoms with E-state index in [1.165, 1.54) is 23.9 Å². The van der Waals surface area contributed by atoms with Gasteiger partial charge in [-0.25, -0.2) is 4.39 Å². The summed E-state index contributed by atoms with van der Waals surface area (Å²) in [5.41, 5.74) is 0.788. The lowest BCUT2D eigenvalue weighted by Gasteiger charge is -2.07. The number of carbonyl (C=O) groups excluding carboxylic acids is 1. The molecule has 1 amide bonds. The molecule has 0 atom stereocenters. The summed E-state index contributed by atoms with van der Waals surface area (Å²) in [6.45, 7) is 2.55. The molecule has 1 N–H and O–H groups in total. The average Bonchev–Trinajstić information content (AvgIpc) is 3.37. The molecule has 0 aliphatic rings. The second kappa shape index (κ2) is 8.58. The van der Waals surface area contributed by atoms with Gasteiger partial charge in [0.15, 0.2) is 22.2 Å². The quantitative estimate of drug-likeness (QED) is 0.435. The van der Waals surface area contributed by atoms with Crippen LogP contribution in [-0.4, -0.2) is 33.5 Å². The first kappa shape index (κ1) is 20.0. The summed E-state index contributed by atoms with van der Waals surface area (Å²) < 4.78 is 26.9. The van der Waals surface area contributed by atoms with E-state index in [2.05, 4.69) is 15.5 Å². The maximum absolute atomic E-state index is 13.7. The zero-order valence-electron chi connectivity index (χ0n) is 16.4. The molecule has 2 aromatic heterocycles. The molecule has 0 unspecified atom stereocenters. The zero-order chi connectivity index (χ0) is 21.1. The van der Waals surface area contributed by atoms with Crippen LogP contribution in [0.15, 0.2) is 58.1 Å². The van der Waals surface area contributed by atoms with E-state index in [4.69, 9.17) is 9.15 Å². The van der Waals surface area contributed by atoms with Gasteiger partial charge in [-0.05, 0) is 31.2 Å².